The van der Waals surface area contributed by atoms with Crippen LogP contribution < -0.4 is 10.1 Å². The quantitative estimate of drug-likeness (QED) is 0.369. The maximum Gasteiger partial charge on any atom is 0.230 e. The van der Waals surface area contributed by atoms with Crippen LogP contribution >= 0.6 is 23.4 Å². The number of hydrogen-bond acceptors (Lipinski definition) is 5. The molecule has 168 valence electrons. The third kappa shape index (κ3) is 5.84. The average Bonchev–Trinajstić information content (AvgIpc) is 3.57. The second kappa shape index (κ2) is 10.9. The maximum atomic E-state index is 12.7. The molecule has 6 nitrogen and oxygen atoms in total. The normalized spacial score (nSPS) is 14.2. The number of nitrogens with zero attached hydrogens (tertiary/aromatic N) is 3. The molecule has 1 N–H and O–H groups in total. The lowest BCUT2D eigenvalue weighted by molar-refractivity contribution is -0.119. The molecule has 0 bridgehead atoms. The van der Waals surface area contributed by atoms with Gasteiger partial charge < -0.3 is 10.1 Å². The van der Waals surface area contributed by atoms with Crippen molar-refractivity contribution in [3.8, 4) is 5.75 Å². The zero-order valence-corrected chi connectivity index (χ0v) is 19.6. The fraction of sp³-hybridized carbons (Fsp3) is 0.375. The van der Waals surface area contributed by atoms with Crippen molar-refractivity contribution in [2.45, 2.75) is 56.5 Å². The fourth-order valence-corrected chi connectivity index (χ4v) is 4.60. The Morgan fingerprint density at radius 1 is 1.19 bits per heavy atom. The third-order valence-electron chi connectivity index (χ3n) is 5.29. The van der Waals surface area contributed by atoms with E-state index < -0.39 is 0 Å². The molecule has 1 aromatic heterocycles. The van der Waals surface area contributed by atoms with Crippen molar-refractivity contribution >= 4 is 29.3 Å². The smallest absolute Gasteiger partial charge is 0.230 e. The Morgan fingerprint density at radius 3 is 2.66 bits per heavy atom. The van der Waals surface area contributed by atoms with Crippen LogP contribution in [0.3, 0.4) is 0 Å². The second-order valence-electron chi connectivity index (χ2n) is 7.83. The number of amides is 1. The zero-order valence-electron chi connectivity index (χ0n) is 18.0. The number of nitrogens with one attached hydrogen (secondary N) is 1. The molecule has 1 aliphatic carbocycles. The van der Waals surface area contributed by atoms with E-state index in [0.717, 1.165) is 42.2 Å². The average molecular weight is 471 g/mol. The van der Waals surface area contributed by atoms with Crippen molar-refractivity contribution < 1.29 is 9.53 Å². The van der Waals surface area contributed by atoms with Gasteiger partial charge in [0.25, 0.3) is 0 Å². The first-order valence-electron chi connectivity index (χ1n) is 10.9. The van der Waals surface area contributed by atoms with E-state index in [9.17, 15) is 4.79 Å². The van der Waals surface area contributed by atoms with E-state index >= 15 is 0 Å². The summed E-state index contributed by atoms with van der Waals surface area (Å²) in [5.41, 5.74) is 1.13. The van der Waals surface area contributed by atoms with E-state index in [-0.39, 0.29) is 18.6 Å². The van der Waals surface area contributed by atoms with Crippen molar-refractivity contribution in [1.82, 2.24) is 20.1 Å². The molecule has 0 unspecified atom stereocenters. The monoisotopic (exact) mass is 470 g/mol. The highest BCUT2D eigenvalue weighted by atomic mass is 35.5. The number of halogens is 1. The summed E-state index contributed by atoms with van der Waals surface area (Å²) in [7, 11) is 0. The highest BCUT2D eigenvalue weighted by Gasteiger charge is 2.30. The van der Waals surface area contributed by atoms with Gasteiger partial charge in [0.2, 0.25) is 5.91 Å². The minimum Gasteiger partial charge on any atom is -0.484 e. The minimum atomic E-state index is -0.00322. The van der Waals surface area contributed by atoms with Gasteiger partial charge in [0.05, 0.1) is 16.8 Å². The number of carbonyl (C=O) groups excluding carboxylic acids is 1. The molecule has 0 radical (unpaired) electrons. The summed E-state index contributed by atoms with van der Waals surface area (Å²) in [5, 5.41) is 13.2. The Hall–Kier alpha value is -2.51. The number of hydrogen-bond donors (Lipinski definition) is 1. The number of para-hydroxylation sites is 1. The largest absolute Gasteiger partial charge is 0.484 e. The molecule has 4 rings (SSSR count). The van der Waals surface area contributed by atoms with E-state index in [4.69, 9.17) is 16.3 Å². The molecular weight excluding hydrogens is 444 g/mol. The minimum absolute atomic E-state index is 0.00322. The van der Waals surface area contributed by atoms with Crippen molar-refractivity contribution in [2.75, 3.05) is 5.75 Å². The number of thioether (sulfide) groups is 1. The van der Waals surface area contributed by atoms with Gasteiger partial charge in [-0.2, -0.15) is 0 Å². The first-order valence-corrected chi connectivity index (χ1v) is 12.3. The van der Waals surface area contributed by atoms with Crippen LogP contribution in [0.25, 0.3) is 0 Å². The molecule has 1 heterocycles. The van der Waals surface area contributed by atoms with Crippen molar-refractivity contribution in [2.24, 2.45) is 0 Å². The van der Waals surface area contributed by atoms with Crippen LogP contribution in [0.5, 0.6) is 5.75 Å². The molecule has 0 saturated heterocycles. The SMILES string of the molecule is CCC[C@H](NC(=O)CSc1nnc(COc2ccccc2Cl)n1C1CC1)c1ccccc1. The highest BCUT2D eigenvalue weighted by Crippen LogP contribution is 2.39. The Morgan fingerprint density at radius 2 is 1.94 bits per heavy atom. The van der Waals surface area contributed by atoms with E-state index in [0.29, 0.717) is 22.6 Å². The van der Waals surface area contributed by atoms with E-state index in [1.165, 1.54) is 11.8 Å². The molecule has 3 aromatic rings. The Bertz CT molecular complexity index is 1040. The summed E-state index contributed by atoms with van der Waals surface area (Å²) in [6, 6.07) is 17.9. The summed E-state index contributed by atoms with van der Waals surface area (Å²) in [4.78, 5) is 12.7. The summed E-state index contributed by atoms with van der Waals surface area (Å²) in [6.07, 6.45) is 4.08. The van der Waals surface area contributed by atoms with E-state index in [1.807, 2.05) is 36.4 Å². The summed E-state index contributed by atoms with van der Waals surface area (Å²) >= 11 is 7.61. The Kier molecular flexibility index (Phi) is 7.71. The Balaban J connectivity index is 1.38. The van der Waals surface area contributed by atoms with Gasteiger partial charge in [0.1, 0.15) is 12.4 Å². The number of ether oxygens (including phenoxy) is 1. The molecule has 1 saturated carbocycles. The molecular formula is C24H27ClN4O2S. The highest BCUT2D eigenvalue weighted by molar-refractivity contribution is 7.99. The van der Waals surface area contributed by atoms with Gasteiger partial charge in [-0.1, -0.05) is 79.2 Å². The van der Waals surface area contributed by atoms with Crippen LogP contribution in [0.2, 0.25) is 5.02 Å². The predicted molar refractivity (Wildman–Crippen MR) is 127 cm³/mol. The molecule has 0 spiro atoms. The van der Waals surface area contributed by atoms with Gasteiger partial charge in [-0.15, -0.1) is 10.2 Å². The van der Waals surface area contributed by atoms with Gasteiger partial charge in [-0.25, -0.2) is 0 Å². The van der Waals surface area contributed by atoms with Crippen molar-refractivity contribution in [3.05, 3.63) is 71.0 Å². The molecule has 32 heavy (non-hydrogen) atoms. The number of aromatic nitrogens is 3. The maximum absolute atomic E-state index is 12.7. The second-order valence-corrected chi connectivity index (χ2v) is 9.18. The van der Waals surface area contributed by atoms with Crippen LogP contribution in [0.1, 0.15) is 56.1 Å². The molecule has 8 heteroatoms. The fourth-order valence-electron chi connectivity index (χ4n) is 3.57. The molecule has 0 aliphatic heterocycles. The van der Waals surface area contributed by atoms with Crippen molar-refractivity contribution in [3.63, 3.8) is 0 Å². The van der Waals surface area contributed by atoms with Gasteiger partial charge in [-0.05, 0) is 37.0 Å². The third-order valence-corrected chi connectivity index (χ3v) is 6.54. The van der Waals surface area contributed by atoms with Crippen LogP contribution in [0.4, 0.5) is 0 Å². The summed E-state index contributed by atoms with van der Waals surface area (Å²) < 4.78 is 7.97. The number of carbonyl (C=O) groups is 1. The molecule has 1 aliphatic rings. The number of benzene rings is 2. The lowest BCUT2D eigenvalue weighted by atomic mass is 10.0. The zero-order chi connectivity index (χ0) is 22.3. The number of rotatable bonds is 11. The molecule has 1 amide bonds. The van der Waals surface area contributed by atoms with Gasteiger partial charge in [0, 0.05) is 6.04 Å². The van der Waals surface area contributed by atoms with Crippen LogP contribution in [0, 0.1) is 0 Å². The molecule has 2 aromatic carbocycles. The molecule has 1 fully saturated rings. The summed E-state index contributed by atoms with van der Waals surface area (Å²) in [6.45, 7) is 2.41. The van der Waals surface area contributed by atoms with E-state index in [2.05, 4.69) is 39.1 Å². The van der Waals surface area contributed by atoms with Crippen molar-refractivity contribution in [1.29, 1.82) is 0 Å². The van der Waals surface area contributed by atoms with Crippen LogP contribution in [0.15, 0.2) is 59.8 Å². The lowest BCUT2D eigenvalue weighted by Gasteiger charge is -2.18. The van der Waals surface area contributed by atoms with Gasteiger partial charge in [0.15, 0.2) is 11.0 Å². The van der Waals surface area contributed by atoms with Gasteiger partial charge >= 0.3 is 0 Å². The Labute approximate surface area is 197 Å². The first kappa shape index (κ1) is 22.7. The van der Waals surface area contributed by atoms with E-state index in [1.54, 1.807) is 6.07 Å². The predicted octanol–water partition coefficient (Wildman–Crippen LogP) is 5.60. The standard InChI is InChI=1S/C24H27ClN4O2S/c1-2-8-20(17-9-4-3-5-10-17)26-23(30)16-32-24-28-27-22(29(24)18-13-14-18)15-31-21-12-7-6-11-19(21)25/h3-7,9-12,18,20H,2,8,13-16H2,1H3,(H,26,30)/t20-/m0/s1. The summed E-state index contributed by atoms with van der Waals surface area (Å²) in [5.74, 6) is 1.67. The van der Waals surface area contributed by atoms with Crippen LogP contribution in [-0.4, -0.2) is 26.4 Å². The molecule has 1 atom stereocenters. The van der Waals surface area contributed by atoms with Gasteiger partial charge in [-0.3, -0.25) is 9.36 Å². The topological polar surface area (TPSA) is 69.0 Å². The lowest BCUT2D eigenvalue weighted by Crippen LogP contribution is -2.30. The first-order chi connectivity index (χ1) is 15.7. The van der Waals surface area contributed by atoms with Crippen LogP contribution in [-0.2, 0) is 11.4 Å².